The maximum atomic E-state index is 12.1. The quantitative estimate of drug-likeness (QED) is 0.761. The monoisotopic (exact) mass is 401 g/mol. The molecule has 0 spiro atoms. The molecule has 1 heterocycles. The number of esters is 1. The first-order valence-corrected chi connectivity index (χ1v) is 7.74. The second-order valence-electron chi connectivity index (χ2n) is 4.31. The minimum Gasteiger partial charge on any atom is -0.496 e. The number of carbonyl (C=O) groups excluding carboxylic acids is 2. The van der Waals surface area contributed by atoms with Crippen LogP contribution in [0, 0.1) is 0 Å². The third-order valence-corrected chi connectivity index (χ3v) is 3.57. The van der Waals surface area contributed by atoms with E-state index in [9.17, 15) is 9.59 Å². The van der Waals surface area contributed by atoms with E-state index in [0.29, 0.717) is 4.67 Å². The van der Waals surface area contributed by atoms with Crippen molar-refractivity contribution in [2.45, 2.75) is 6.92 Å². The van der Waals surface area contributed by atoms with Crippen LogP contribution in [0.4, 0.5) is 5.69 Å². The molecule has 0 aliphatic heterocycles. The van der Waals surface area contributed by atoms with Crippen molar-refractivity contribution in [1.29, 1.82) is 0 Å². The molecular weight excluding hydrogens is 390 g/mol. The van der Waals surface area contributed by atoms with Crippen molar-refractivity contribution in [1.82, 2.24) is 0 Å². The lowest BCUT2D eigenvalue weighted by Crippen LogP contribution is -2.13. The topological polar surface area (TPSA) is 77.8 Å². The number of benzene rings is 1. The van der Waals surface area contributed by atoms with Crippen molar-refractivity contribution >= 4 is 45.1 Å². The zero-order valence-corrected chi connectivity index (χ0v) is 14.7. The molecule has 0 fully saturated rings. The van der Waals surface area contributed by atoms with Gasteiger partial charge in [-0.05, 0) is 41.1 Å². The largest absolute Gasteiger partial charge is 0.496 e. The van der Waals surface area contributed by atoms with Crippen molar-refractivity contribution in [3.8, 4) is 5.75 Å². The van der Waals surface area contributed by atoms with E-state index in [1.807, 2.05) is 0 Å². The van der Waals surface area contributed by atoms with Crippen LogP contribution in [-0.4, -0.2) is 25.6 Å². The number of halogens is 2. The molecule has 0 saturated carbocycles. The lowest BCUT2D eigenvalue weighted by atomic mass is 10.1. The van der Waals surface area contributed by atoms with E-state index in [1.165, 1.54) is 25.3 Å². The molecule has 2 rings (SSSR count). The van der Waals surface area contributed by atoms with Gasteiger partial charge < -0.3 is 19.2 Å². The van der Waals surface area contributed by atoms with E-state index < -0.39 is 11.9 Å². The van der Waals surface area contributed by atoms with E-state index in [0.717, 1.165) is 0 Å². The molecule has 0 atom stereocenters. The summed E-state index contributed by atoms with van der Waals surface area (Å²) in [6.45, 7) is 1.92. The van der Waals surface area contributed by atoms with Crippen LogP contribution in [0.25, 0.3) is 0 Å². The van der Waals surface area contributed by atoms with Gasteiger partial charge in [0.15, 0.2) is 10.4 Å². The lowest BCUT2D eigenvalue weighted by molar-refractivity contribution is 0.0522. The van der Waals surface area contributed by atoms with Crippen LogP contribution in [0.1, 0.15) is 27.8 Å². The average Bonchev–Trinajstić information content (AvgIpc) is 2.95. The number of amides is 1. The van der Waals surface area contributed by atoms with E-state index in [-0.39, 0.29) is 34.4 Å². The van der Waals surface area contributed by atoms with Gasteiger partial charge in [0.2, 0.25) is 0 Å². The molecule has 1 N–H and O–H groups in total. The zero-order chi connectivity index (χ0) is 17.0. The third-order valence-electron chi connectivity index (χ3n) is 2.83. The number of furan rings is 1. The van der Waals surface area contributed by atoms with Crippen molar-refractivity contribution in [2.24, 2.45) is 0 Å². The number of anilines is 1. The molecule has 1 aromatic carbocycles. The molecule has 23 heavy (non-hydrogen) atoms. The van der Waals surface area contributed by atoms with Gasteiger partial charge in [0, 0.05) is 6.07 Å². The van der Waals surface area contributed by atoms with Gasteiger partial charge in [0.05, 0.1) is 24.4 Å². The van der Waals surface area contributed by atoms with Crippen LogP contribution in [0.3, 0.4) is 0 Å². The minimum absolute atomic E-state index is 0.112. The summed E-state index contributed by atoms with van der Waals surface area (Å²) in [5.74, 6) is -0.687. The molecule has 0 radical (unpaired) electrons. The van der Waals surface area contributed by atoms with Gasteiger partial charge >= 0.3 is 5.97 Å². The summed E-state index contributed by atoms with van der Waals surface area (Å²) in [6.07, 6.45) is 0. The number of hydrogen-bond donors (Lipinski definition) is 1. The minimum atomic E-state index is -0.556. The van der Waals surface area contributed by atoms with Gasteiger partial charge in [-0.15, -0.1) is 0 Å². The van der Waals surface area contributed by atoms with Crippen LogP contribution in [0.15, 0.2) is 33.4 Å². The molecule has 0 aliphatic carbocycles. The molecule has 0 aliphatic rings. The van der Waals surface area contributed by atoms with Gasteiger partial charge in [-0.25, -0.2) is 4.79 Å². The van der Waals surface area contributed by atoms with Crippen molar-refractivity contribution in [3.63, 3.8) is 0 Å². The smallest absolute Gasteiger partial charge is 0.341 e. The molecule has 1 aromatic heterocycles. The summed E-state index contributed by atoms with van der Waals surface area (Å²) in [6, 6.07) is 5.94. The fourth-order valence-corrected chi connectivity index (χ4v) is 2.32. The highest BCUT2D eigenvalue weighted by Gasteiger charge is 2.19. The first kappa shape index (κ1) is 17.4. The molecular formula is C15H13BrClNO5. The Morgan fingerprint density at radius 1 is 1.35 bits per heavy atom. The van der Waals surface area contributed by atoms with Gasteiger partial charge in [0.25, 0.3) is 5.91 Å². The van der Waals surface area contributed by atoms with Crippen molar-refractivity contribution < 1.29 is 23.5 Å². The summed E-state index contributed by atoms with van der Waals surface area (Å²) >= 11 is 9.24. The summed E-state index contributed by atoms with van der Waals surface area (Å²) in [5, 5.41) is 2.77. The molecule has 0 bridgehead atoms. The van der Waals surface area contributed by atoms with Crippen molar-refractivity contribution in [2.75, 3.05) is 19.0 Å². The molecule has 0 unspecified atom stereocenters. The number of ether oxygens (including phenoxy) is 2. The Morgan fingerprint density at radius 3 is 2.65 bits per heavy atom. The summed E-state index contributed by atoms with van der Waals surface area (Å²) < 4.78 is 15.7. The molecule has 1 amide bonds. The molecule has 2 aromatic rings. The maximum Gasteiger partial charge on any atom is 0.341 e. The first-order chi connectivity index (χ1) is 11.0. The van der Waals surface area contributed by atoms with Crippen LogP contribution in [-0.2, 0) is 4.74 Å². The Hall–Kier alpha value is -1.99. The van der Waals surface area contributed by atoms with Crippen LogP contribution in [0.2, 0.25) is 5.02 Å². The maximum absolute atomic E-state index is 12.1. The number of rotatable bonds is 5. The predicted octanol–water partition coefficient (Wildman–Crippen LogP) is 4.13. The van der Waals surface area contributed by atoms with Crippen LogP contribution in [0.5, 0.6) is 5.75 Å². The third kappa shape index (κ3) is 4.05. The molecule has 8 heteroatoms. The number of hydrogen-bond acceptors (Lipinski definition) is 5. The first-order valence-electron chi connectivity index (χ1n) is 6.57. The SMILES string of the molecule is CCOC(=O)c1cc(Cl)c(NC(=O)c2ccc(Br)o2)cc1OC. The number of nitrogens with one attached hydrogen (secondary N) is 1. The van der Waals surface area contributed by atoms with Gasteiger partial charge in [0.1, 0.15) is 11.3 Å². The Morgan fingerprint density at radius 2 is 2.09 bits per heavy atom. The fourth-order valence-electron chi connectivity index (χ4n) is 1.81. The standard InChI is InChI=1S/C15H13BrClNO5/c1-3-22-15(20)8-6-9(17)10(7-12(8)21-2)18-14(19)11-4-5-13(16)23-11/h4-7H,3H2,1-2H3,(H,18,19). The highest BCUT2D eigenvalue weighted by molar-refractivity contribution is 9.10. The van der Waals surface area contributed by atoms with E-state index >= 15 is 0 Å². The Bertz CT molecular complexity index is 743. The molecule has 6 nitrogen and oxygen atoms in total. The Balaban J connectivity index is 2.29. The Kier molecular flexibility index (Phi) is 5.68. The van der Waals surface area contributed by atoms with Crippen LogP contribution >= 0.6 is 27.5 Å². The van der Waals surface area contributed by atoms with E-state index in [2.05, 4.69) is 21.2 Å². The lowest BCUT2D eigenvalue weighted by Gasteiger charge is -2.12. The van der Waals surface area contributed by atoms with E-state index in [1.54, 1.807) is 13.0 Å². The highest BCUT2D eigenvalue weighted by atomic mass is 79.9. The van der Waals surface area contributed by atoms with Gasteiger partial charge in [-0.3, -0.25) is 4.79 Å². The summed E-state index contributed by atoms with van der Waals surface area (Å²) in [5.41, 5.74) is 0.465. The number of methoxy groups -OCH3 is 1. The van der Waals surface area contributed by atoms with Crippen LogP contribution < -0.4 is 10.1 Å². The predicted molar refractivity (Wildman–Crippen MR) is 88.3 cm³/mol. The molecule has 122 valence electrons. The summed E-state index contributed by atoms with van der Waals surface area (Å²) in [7, 11) is 1.40. The van der Waals surface area contributed by atoms with E-state index in [4.69, 9.17) is 25.5 Å². The number of carbonyl (C=O) groups is 2. The van der Waals surface area contributed by atoms with Gasteiger partial charge in [-0.1, -0.05) is 11.6 Å². The Labute approximate surface area is 145 Å². The normalized spacial score (nSPS) is 10.3. The highest BCUT2D eigenvalue weighted by Crippen LogP contribution is 2.32. The summed E-state index contributed by atoms with van der Waals surface area (Å²) in [4.78, 5) is 23.9. The van der Waals surface area contributed by atoms with Gasteiger partial charge in [-0.2, -0.15) is 0 Å². The molecule has 0 saturated heterocycles. The second-order valence-corrected chi connectivity index (χ2v) is 5.50. The van der Waals surface area contributed by atoms with Crippen molar-refractivity contribution in [3.05, 3.63) is 45.3 Å². The fraction of sp³-hybridized carbons (Fsp3) is 0.200. The average molecular weight is 403 g/mol. The second kappa shape index (κ2) is 7.52. The zero-order valence-electron chi connectivity index (χ0n) is 12.3.